The molecule has 0 unspecified atom stereocenters. The lowest BCUT2D eigenvalue weighted by molar-refractivity contribution is -0.124. The molecule has 1 saturated heterocycles. The van der Waals surface area contributed by atoms with E-state index in [9.17, 15) is 9.59 Å². The average molecular weight is 253 g/mol. The van der Waals surface area contributed by atoms with Gasteiger partial charge in [-0.15, -0.1) is 0 Å². The van der Waals surface area contributed by atoms with Gasteiger partial charge in [-0.25, -0.2) is 4.79 Å². The molecule has 0 spiro atoms. The SMILES string of the molecule is O=C(NC(=O)C1CCNCC1)NC1CCCCC1. The summed E-state index contributed by atoms with van der Waals surface area (Å²) in [4.78, 5) is 23.6. The summed E-state index contributed by atoms with van der Waals surface area (Å²) in [6, 6.07) is -0.0648. The van der Waals surface area contributed by atoms with E-state index in [1.54, 1.807) is 0 Å². The normalized spacial score (nSPS) is 22.4. The molecule has 0 aromatic carbocycles. The van der Waals surface area contributed by atoms with E-state index in [1.165, 1.54) is 19.3 Å². The highest BCUT2D eigenvalue weighted by atomic mass is 16.2. The highest BCUT2D eigenvalue weighted by molar-refractivity contribution is 5.95. The van der Waals surface area contributed by atoms with Crippen molar-refractivity contribution >= 4 is 11.9 Å². The Hall–Kier alpha value is -1.10. The van der Waals surface area contributed by atoms with Crippen molar-refractivity contribution in [1.29, 1.82) is 0 Å². The first kappa shape index (κ1) is 13.3. The van der Waals surface area contributed by atoms with Crippen LogP contribution in [0.1, 0.15) is 44.9 Å². The Kier molecular flexibility index (Phi) is 4.99. The molecule has 1 heterocycles. The van der Waals surface area contributed by atoms with Crippen LogP contribution in [-0.2, 0) is 4.79 Å². The summed E-state index contributed by atoms with van der Waals surface area (Å²) < 4.78 is 0. The van der Waals surface area contributed by atoms with Crippen molar-refractivity contribution in [1.82, 2.24) is 16.0 Å². The van der Waals surface area contributed by atoms with Crippen LogP contribution in [0.5, 0.6) is 0 Å². The van der Waals surface area contributed by atoms with Gasteiger partial charge in [0, 0.05) is 12.0 Å². The summed E-state index contributed by atoms with van der Waals surface area (Å²) in [6.07, 6.45) is 7.32. The lowest BCUT2D eigenvalue weighted by Gasteiger charge is -2.24. The number of imide groups is 1. The van der Waals surface area contributed by atoms with Crippen LogP contribution in [0.3, 0.4) is 0 Å². The number of hydrogen-bond donors (Lipinski definition) is 3. The first-order chi connectivity index (χ1) is 8.75. The van der Waals surface area contributed by atoms with Crippen molar-refractivity contribution in [2.24, 2.45) is 5.92 Å². The Morgan fingerprint density at radius 3 is 2.28 bits per heavy atom. The third-order valence-electron chi connectivity index (χ3n) is 3.89. The molecule has 1 saturated carbocycles. The van der Waals surface area contributed by atoms with Crippen molar-refractivity contribution in [3.63, 3.8) is 0 Å². The Bertz CT molecular complexity index is 295. The Morgan fingerprint density at radius 1 is 0.944 bits per heavy atom. The van der Waals surface area contributed by atoms with Crippen molar-refractivity contribution in [2.45, 2.75) is 51.0 Å². The molecular formula is C13H23N3O2. The van der Waals surface area contributed by atoms with Crippen molar-refractivity contribution in [2.75, 3.05) is 13.1 Å². The third-order valence-corrected chi connectivity index (χ3v) is 3.89. The fourth-order valence-corrected chi connectivity index (χ4v) is 2.77. The van der Waals surface area contributed by atoms with E-state index >= 15 is 0 Å². The van der Waals surface area contributed by atoms with Gasteiger partial charge >= 0.3 is 6.03 Å². The number of piperidine rings is 1. The van der Waals surface area contributed by atoms with Gasteiger partial charge in [-0.1, -0.05) is 19.3 Å². The molecule has 3 N–H and O–H groups in total. The minimum absolute atomic E-state index is 0.0108. The van der Waals surface area contributed by atoms with Crippen LogP contribution in [0.15, 0.2) is 0 Å². The molecule has 2 aliphatic rings. The summed E-state index contributed by atoms with van der Waals surface area (Å²) in [5, 5.41) is 8.59. The molecule has 0 bridgehead atoms. The molecule has 0 atom stereocenters. The summed E-state index contributed by atoms with van der Waals surface area (Å²) in [5.41, 5.74) is 0. The lowest BCUT2D eigenvalue weighted by atomic mass is 9.95. The number of amides is 3. The van der Waals surface area contributed by atoms with Crippen LogP contribution in [-0.4, -0.2) is 31.1 Å². The van der Waals surface area contributed by atoms with Crippen LogP contribution < -0.4 is 16.0 Å². The van der Waals surface area contributed by atoms with E-state index in [2.05, 4.69) is 16.0 Å². The first-order valence-corrected chi connectivity index (χ1v) is 7.08. The number of rotatable bonds is 2. The zero-order chi connectivity index (χ0) is 12.8. The fraction of sp³-hybridized carbons (Fsp3) is 0.846. The fourth-order valence-electron chi connectivity index (χ4n) is 2.77. The van der Waals surface area contributed by atoms with E-state index in [1.807, 2.05) is 0 Å². The number of urea groups is 1. The van der Waals surface area contributed by atoms with E-state index in [0.717, 1.165) is 38.8 Å². The summed E-state index contributed by atoms with van der Waals surface area (Å²) in [7, 11) is 0. The minimum atomic E-state index is -0.314. The van der Waals surface area contributed by atoms with Crippen molar-refractivity contribution in [3.05, 3.63) is 0 Å². The smallest absolute Gasteiger partial charge is 0.321 e. The second-order valence-corrected chi connectivity index (χ2v) is 5.32. The average Bonchev–Trinajstić information content (AvgIpc) is 2.40. The summed E-state index contributed by atoms with van der Waals surface area (Å²) >= 11 is 0. The summed E-state index contributed by atoms with van der Waals surface area (Å²) in [5.74, 6) is -0.131. The molecule has 102 valence electrons. The molecule has 3 amide bonds. The maximum absolute atomic E-state index is 11.9. The zero-order valence-electron chi connectivity index (χ0n) is 10.8. The molecule has 2 rings (SSSR count). The molecule has 5 nitrogen and oxygen atoms in total. The third kappa shape index (κ3) is 3.98. The van der Waals surface area contributed by atoms with Crippen LogP contribution >= 0.6 is 0 Å². The number of carbonyl (C=O) groups excluding carboxylic acids is 2. The number of carbonyl (C=O) groups is 2. The molecular weight excluding hydrogens is 230 g/mol. The Labute approximate surface area is 108 Å². The highest BCUT2D eigenvalue weighted by Crippen LogP contribution is 2.17. The number of nitrogens with one attached hydrogen (secondary N) is 3. The van der Waals surface area contributed by atoms with Gasteiger partial charge in [-0.05, 0) is 38.8 Å². The molecule has 0 radical (unpaired) electrons. The van der Waals surface area contributed by atoms with Crippen LogP contribution in [0.2, 0.25) is 0 Å². The van der Waals surface area contributed by atoms with Crippen molar-refractivity contribution < 1.29 is 9.59 Å². The predicted octanol–water partition coefficient (Wildman–Crippen LogP) is 1.14. The monoisotopic (exact) mass is 253 g/mol. The van der Waals surface area contributed by atoms with Crippen molar-refractivity contribution in [3.8, 4) is 0 Å². The van der Waals surface area contributed by atoms with Gasteiger partial charge in [0.25, 0.3) is 0 Å². The standard InChI is InChI=1S/C13H23N3O2/c17-12(10-6-8-14-9-7-10)16-13(18)15-11-4-2-1-3-5-11/h10-11,14H,1-9H2,(H2,15,16,17,18). The van der Waals surface area contributed by atoms with Crippen LogP contribution in [0.25, 0.3) is 0 Å². The molecule has 0 aromatic rings. The van der Waals surface area contributed by atoms with E-state index in [0.29, 0.717) is 0 Å². The highest BCUT2D eigenvalue weighted by Gasteiger charge is 2.23. The lowest BCUT2D eigenvalue weighted by Crippen LogP contribution is -2.48. The largest absolute Gasteiger partial charge is 0.335 e. The molecule has 5 heteroatoms. The van der Waals surface area contributed by atoms with Gasteiger partial charge < -0.3 is 10.6 Å². The minimum Gasteiger partial charge on any atom is -0.335 e. The second-order valence-electron chi connectivity index (χ2n) is 5.32. The van der Waals surface area contributed by atoms with Crippen LogP contribution in [0, 0.1) is 5.92 Å². The van der Waals surface area contributed by atoms with Crippen LogP contribution in [0.4, 0.5) is 4.79 Å². The number of hydrogen-bond acceptors (Lipinski definition) is 3. The maximum Gasteiger partial charge on any atom is 0.321 e. The molecule has 1 aliphatic carbocycles. The zero-order valence-corrected chi connectivity index (χ0v) is 10.8. The van der Waals surface area contributed by atoms with Gasteiger partial charge in [0.1, 0.15) is 0 Å². The molecule has 18 heavy (non-hydrogen) atoms. The van der Waals surface area contributed by atoms with Gasteiger partial charge in [-0.2, -0.15) is 0 Å². The van der Waals surface area contributed by atoms with E-state index in [-0.39, 0.29) is 23.9 Å². The quantitative estimate of drug-likeness (QED) is 0.691. The topological polar surface area (TPSA) is 70.2 Å². The predicted molar refractivity (Wildman–Crippen MR) is 69.1 cm³/mol. The van der Waals surface area contributed by atoms with Gasteiger partial charge in [0.2, 0.25) is 5.91 Å². The van der Waals surface area contributed by atoms with E-state index in [4.69, 9.17) is 0 Å². The molecule has 0 aromatic heterocycles. The van der Waals surface area contributed by atoms with Gasteiger partial charge in [-0.3, -0.25) is 10.1 Å². The van der Waals surface area contributed by atoms with E-state index < -0.39 is 0 Å². The first-order valence-electron chi connectivity index (χ1n) is 7.08. The molecule has 2 fully saturated rings. The second kappa shape index (κ2) is 6.73. The molecule has 1 aliphatic heterocycles. The maximum atomic E-state index is 11.9. The Morgan fingerprint density at radius 2 is 1.61 bits per heavy atom. The van der Waals surface area contributed by atoms with Gasteiger partial charge in [0.05, 0.1) is 0 Å². The van der Waals surface area contributed by atoms with Gasteiger partial charge in [0.15, 0.2) is 0 Å². The Balaban J connectivity index is 1.70. The summed E-state index contributed by atoms with van der Waals surface area (Å²) in [6.45, 7) is 1.73.